The van der Waals surface area contributed by atoms with Crippen LogP contribution in [-0.4, -0.2) is 19.1 Å². The fourth-order valence-electron chi connectivity index (χ4n) is 16.7. The summed E-state index contributed by atoms with van der Waals surface area (Å²) >= 11 is 1.85. The van der Waals surface area contributed by atoms with E-state index in [1.165, 1.54) is 133 Å². The number of nitrogens with zero attached hydrogens (tertiary/aromatic N) is 4. The van der Waals surface area contributed by atoms with Crippen LogP contribution in [0.1, 0.15) is 0 Å². The van der Waals surface area contributed by atoms with Crippen LogP contribution in [0.25, 0.3) is 216 Å². The maximum Gasteiger partial charge on any atom is 0.161 e. The monoisotopic (exact) mass is 1180 g/mol. The summed E-state index contributed by atoms with van der Waals surface area (Å²) in [7, 11) is 0. The van der Waals surface area contributed by atoms with Gasteiger partial charge in [-0.05, 0) is 124 Å². The van der Waals surface area contributed by atoms with Gasteiger partial charge in [0.05, 0.1) is 32.3 Å². The second-order valence-electron chi connectivity index (χ2n) is 24.9. The Labute approximate surface area is 527 Å². The number of hydrogen-bond acceptors (Lipinski definition) is 4. The minimum Gasteiger partial charge on any atom is -0.454 e. The van der Waals surface area contributed by atoms with E-state index in [0.29, 0.717) is 0 Å². The molecule has 0 saturated carbocycles. The first-order valence-corrected chi connectivity index (χ1v) is 32.4. The fraction of sp³-hybridized carbons (Fsp3) is 0. The number of hydrogen-bond donors (Lipinski definition) is 0. The maximum absolute atomic E-state index is 6.64. The predicted molar refractivity (Wildman–Crippen MR) is 391 cm³/mol. The van der Waals surface area contributed by atoms with Gasteiger partial charge in [-0.15, -0.1) is 11.3 Å². The third-order valence-corrected chi connectivity index (χ3v) is 21.5. The number of pyridine rings is 2. The number of furan rings is 1. The lowest BCUT2D eigenvalue weighted by molar-refractivity contribution is 0.672. The Hall–Kier alpha value is -12.0. The highest BCUT2D eigenvalue weighted by molar-refractivity contribution is 7.26. The third-order valence-electron chi connectivity index (χ3n) is 20.4. The minimum absolute atomic E-state index is 0.806. The highest BCUT2D eigenvalue weighted by atomic mass is 32.1. The molecule has 0 bridgehead atoms. The van der Waals surface area contributed by atoms with E-state index in [2.05, 4.69) is 276 Å². The Kier molecular flexibility index (Phi) is 9.52. The molecule has 6 aromatic heterocycles. The standard InChI is InChI=1S/C86H46N4OS/c1-4-24-52-49(21-1)50-22-2-6-26-54(50)76-73(52)56-28-8-10-30-59(56)82-78(76)63-34-14-18-38-70(63)90(82)86-84-75(65-36-16-20-40-72(65)92-84)67-46-48(42-44-68(67)87-86)47-41-43-57-66(45-47)51-23-3-5-25-53(51)74-55-27-7-9-29-58(55)81-79(77(57)74)62-33-13-17-37-69(62)89(81)85-61-32-12-11-31-60(61)83-80(88-85)64-35-15-19-39-71(64)91-83/h1-46H. The lowest BCUT2D eigenvalue weighted by Gasteiger charge is -2.17. The molecule has 0 aliphatic rings. The normalized spacial score (nSPS) is 12.6. The second kappa shape index (κ2) is 17.9. The van der Waals surface area contributed by atoms with E-state index in [-0.39, 0.29) is 0 Å². The number of para-hydroxylation sites is 3. The van der Waals surface area contributed by atoms with E-state index >= 15 is 0 Å². The first-order chi connectivity index (χ1) is 45.7. The van der Waals surface area contributed by atoms with E-state index in [4.69, 9.17) is 14.4 Å². The zero-order chi connectivity index (χ0) is 59.6. The summed E-state index contributed by atoms with van der Waals surface area (Å²) in [6.07, 6.45) is 0. The van der Waals surface area contributed by atoms with Crippen molar-refractivity contribution in [2.45, 2.75) is 0 Å². The van der Waals surface area contributed by atoms with Gasteiger partial charge >= 0.3 is 0 Å². The molecule has 6 heteroatoms. The Balaban J connectivity index is 0.814. The van der Waals surface area contributed by atoms with Crippen molar-refractivity contribution in [1.29, 1.82) is 0 Å². The molecule has 0 radical (unpaired) electrons. The van der Waals surface area contributed by atoms with E-state index in [0.717, 1.165) is 83.1 Å². The molecule has 0 aliphatic heterocycles. The summed E-state index contributed by atoms with van der Waals surface area (Å²) < 4.78 is 14.0. The van der Waals surface area contributed by atoms with Gasteiger partial charge in [-0.25, -0.2) is 9.97 Å². The Morgan fingerprint density at radius 1 is 0.272 bits per heavy atom. The van der Waals surface area contributed by atoms with Crippen molar-refractivity contribution in [2.75, 3.05) is 0 Å². The maximum atomic E-state index is 6.64. The molecule has 92 heavy (non-hydrogen) atoms. The van der Waals surface area contributed by atoms with Gasteiger partial charge in [0.2, 0.25) is 0 Å². The molecular formula is C86H46N4OS. The van der Waals surface area contributed by atoms with Crippen LogP contribution in [0, 0.1) is 0 Å². The van der Waals surface area contributed by atoms with Gasteiger partial charge in [-0.2, -0.15) is 0 Å². The molecule has 0 atom stereocenters. The first kappa shape index (κ1) is 49.0. The lowest BCUT2D eigenvalue weighted by Crippen LogP contribution is -2.00. The van der Waals surface area contributed by atoms with Crippen molar-refractivity contribution in [3.8, 4) is 22.8 Å². The van der Waals surface area contributed by atoms with Crippen LogP contribution >= 0.6 is 11.3 Å². The summed E-state index contributed by atoms with van der Waals surface area (Å²) in [5, 5.41) is 31.4. The summed E-state index contributed by atoms with van der Waals surface area (Å²) in [6.45, 7) is 0. The number of rotatable bonds is 3. The highest BCUT2D eigenvalue weighted by Gasteiger charge is 2.28. The first-order valence-electron chi connectivity index (χ1n) is 31.6. The Morgan fingerprint density at radius 3 is 1.30 bits per heavy atom. The highest BCUT2D eigenvalue weighted by Crippen LogP contribution is 2.53. The zero-order valence-electron chi connectivity index (χ0n) is 49.2. The topological polar surface area (TPSA) is 48.8 Å². The third kappa shape index (κ3) is 6.26. The summed E-state index contributed by atoms with van der Waals surface area (Å²) in [5.41, 5.74) is 10.3. The average Bonchev–Trinajstić information content (AvgIpc) is 1.43. The molecule has 6 heterocycles. The van der Waals surface area contributed by atoms with E-state index in [1.807, 2.05) is 23.5 Å². The molecule has 0 saturated heterocycles. The molecule has 16 aromatic carbocycles. The van der Waals surface area contributed by atoms with Crippen LogP contribution in [0.2, 0.25) is 0 Å². The molecule has 0 unspecified atom stereocenters. The summed E-state index contributed by atoms with van der Waals surface area (Å²) in [4.78, 5) is 11.6. The van der Waals surface area contributed by atoms with E-state index < -0.39 is 0 Å². The lowest BCUT2D eigenvalue weighted by atomic mass is 9.87. The molecular weight excluding hydrogens is 1140 g/mol. The number of benzene rings is 16. The van der Waals surface area contributed by atoms with Crippen LogP contribution in [0.5, 0.6) is 0 Å². The quantitative estimate of drug-likeness (QED) is 0.166. The number of fused-ring (bicyclic) bond motifs is 36. The van der Waals surface area contributed by atoms with Crippen LogP contribution in [0.3, 0.4) is 0 Å². The van der Waals surface area contributed by atoms with Crippen molar-refractivity contribution in [1.82, 2.24) is 19.1 Å². The molecule has 0 spiro atoms. The van der Waals surface area contributed by atoms with Crippen molar-refractivity contribution in [3.05, 3.63) is 279 Å². The second-order valence-corrected chi connectivity index (χ2v) is 25.9. The zero-order valence-corrected chi connectivity index (χ0v) is 50.0. The SMILES string of the molecule is c1ccc2c(c1)oc1c3ccccc3c(-n3c4ccccc4c4c5c6ccc(-c7ccc8nc(-n9c%10ccccc%10c%10c%11c%12ccccc%12c%12ccccc%12c%11c%11ccccc%11c%109)c9sc%10ccccc%10c9c8c7)cc6c6ccccc6c5c5ccccc5c43)nc21. The van der Waals surface area contributed by atoms with Crippen molar-refractivity contribution in [3.63, 3.8) is 0 Å². The molecule has 5 nitrogen and oxygen atoms in total. The largest absolute Gasteiger partial charge is 0.454 e. The molecule has 22 rings (SSSR count). The van der Waals surface area contributed by atoms with Gasteiger partial charge < -0.3 is 4.42 Å². The molecule has 0 amide bonds. The van der Waals surface area contributed by atoms with Crippen LogP contribution in [0.4, 0.5) is 0 Å². The van der Waals surface area contributed by atoms with Crippen LogP contribution in [0.15, 0.2) is 283 Å². The Morgan fingerprint density at radius 2 is 0.696 bits per heavy atom. The molecule has 0 fully saturated rings. The fourth-order valence-corrected chi connectivity index (χ4v) is 17.9. The van der Waals surface area contributed by atoms with Crippen molar-refractivity contribution in [2.24, 2.45) is 0 Å². The molecule has 22 aromatic rings. The van der Waals surface area contributed by atoms with Crippen LogP contribution < -0.4 is 0 Å². The molecule has 0 N–H and O–H groups in total. The van der Waals surface area contributed by atoms with Gasteiger partial charge in [0.1, 0.15) is 16.9 Å². The minimum atomic E-state index is 0.806. The van der Waals surface area contributed by atoms with Gasteiger partial charge in [0.15, 0.2) is 11.4 Å². The van der Waals surface area contributed by atoms with E-state index in [1.54, 1.807) is 0 Å². The van der Waals surface area contributed by atoms with Gasteiger partial charge in [-0.1, -0.05) is 231 Å². The van der Waals surface area contributed by atoms with Gasteiger partial charge in [0.25, 0.3) is 0 Å². The van der Waals surface area contributed by atoms with Gasteiger partial charge in [0, 0.05) is 80.1 Å². The van der Waals surface area contributed by atoms with Crippen molar-refractivity contribution < 1.29 is 4.42 Å². The summed E-state index contributed by atoms with van der Waals surface area (Å²) in [6, 6.07) is 103. The number of thiophene rings is 1. The van der Waals surface area contributed by atoms with Crippen LogP contribution in [-0.2, 0) is 0 Å². The van der Waals surface area contributed by atoms with Gasteiger partial charge in [-0.3, -0.25) is 9.13 Å². The molecule has 422 valence electrons. The predicted octanol–water partition coefficient (Wildman–Crippen LogP) is 24.1. The molecule has 0 aliphatic carbocycles. The Bertz CT molecular complexity index is 7140. The smallest absolute Gasteiger partial charge is 0.161 e. The van der Waals surface area contributed by atoms with Crippen molar-refractivity contribution >= 4 is 205 Å². The summed E-state index contributed by atoms with van der Waals surface area (Å²) in [5.74, 6) is 1.83. The van der Waals surface area contributed by atoms with E-state index in [9.17, 15) is 0 Å². The number of aromatic nitrogens is 4. The average molecular weight is 1180 g/mol.